The average Bonchev–Trinajstić information content (AvgIpc) is 2.01. The predicted octanol–water partition coefficient (Wildman–Crippen LogP) is 2.94. The monoisotopic (exact) mass is 210 g/mol. The highest BCUT2D eigenvalue weighted by Gasteiger charge is 2.39. The van der Waals surface area contributed by atoms with Crippen LogP contribution < -0.4 is 0 Å². The molecule has 72 valence electrons. The van der Waals surface area contributed by atoms with Gasteiger partial charge in [-0.05, 0) is 17.7 Å². The van der Waals surface area contributed by atoms with E-state index in [0.29, 0.717) is 0 Å². The maximum absolute atomic E-state index is 12.0. The molecule has 1 aromatic carbocycles. The van der Waals surface area contributed by atoms with Gasteiger partial charge in [-0.2, -0.15) is 13.2 Å². The van der Waals surface area contributed by atoms with Crippen LogP contribution in [-0.4, -0.2) is 11.3 Å². The average molecular weight is 211 g/mol. The molecule has 0 spiro atoms. The van der Waals surface area contributed by atoms with Gasteiger partial charge in [-0.15, -0.1) is 0 Å². The number of alkyl halides is 3. The summed E-state index contributed by atoms with van der Waals surface area (Å²) in [6, 6.07) is 5.05. The van der Waals surface area contributed by atoms with Crippen LogP contribution in [0.15, 0.2) is 24.3 Å². The molecule has 1 aromatic rings. The molecule has 0 aromatic heterocycles. The molecule has 0 radical (unpaired) electrons. The lowest BCUT2D eigenvalue weighted by Gasteiger charge is -2.14. The summed E-state index contributed by atoms with van der Waals surface area (Å²) in [6.45, 7) is 0. The van der Waals surface area contributed by atoms with Crippen LogP contribution in [0.1, 0.15) is 11.7 Å². The van der Waals surface area contributed by atoms with Gasteiger partial charge < -0.3 is 5.11 Å². The van der Waals surface area contributed by atoms with Crippen molar-refractivity contribution in [2.75, 3.05) is 0 Å². The van der Waals surface area contributed by atoms with Crippen LogP contribution in [0.2, 0.25) is 5.02 Å². The standard InChI is InChI=1S/C8H6ClF3O/c9-6-3-1-2-5(4-6)7(13)8(10,11)12/h1-4,7,13H/t7-/m0/s1. The van der Waals surface area contributed by atoms with Crippen molar-refractivity contribution in [1.82, 2.24) is 0 Å². The van der Waals surface area contributed by atoms with Crippen molar-refractivity contribution < 1.29 is 18.3 Å². The number of aliphatic hydroxyl groups is 1. The second-order valence-corrected chi connectivity index (χ2v) is 2.94. The highest BCUT2D eigenvalue weighted by Crippen LogP contribution is 2.32. The van der Waals surface area contributed by atoms with Crippen LogP contribution in [0.5, 0.6) is 0 Å². The van der Waals surface area contributed by atoms with E-state index in [2.05, 4.69) is 0 Å². The summed E-state index contributed by atoms with van der Waals surface area (Å²) in [7, 11) is 0. The van der Waals surface area contributed by atoms with Gasteiger partial charge in [0.2, 0.25) is 0 Å². The molecule has 0 bridgehead atoms. The number of hydrogen-bond acceptors (Lipinski definition) is 1. The minimum atomic E-state index is -4.65. The van der Waals surface area contributed by atoms with E-state index in [4.69, 9.17) is 16.7 Å². The molecule has 0 saturated heterocycles. The molecule has 5 heteroatoms. The molecular weight excluding hydrogens is 205 g/mol. The van der Waals surface area contributed by atoms with Gasteiger partial charge in [0.15, 0.2) is 6.10 Å². The molecule has 1 rings (SSSR count). The summed E-state index contributed by atoms with van der Waals surface area (Å²) in [5, 5.41) is 8.97. The number of benzene rings is 1. The van der Waals surface area contributed by atoms with E-state index in [0.717, 1.165) is 6.07 Å². The fourth-order valence-corrected chi connectivity index (χ4v) is 1.06. The molecule has 0 saturated carbocycles. The lowest BCUT2D eigenvalue weighted by atomic mass is 10.1. The fraction of sp³-hybridized carbons (Fsp3) is 0.250. The topological polar surface area (TPSA) is 20.2 Å². The van der Waals surface area contributed by atoms with Crippen LogP contribution in [0.4, 0.5) is 13.2 Å². The molecule has 0 amide bonds. The predicted molar refractivity (Wildman–Crippen MR) is 42.5 cm³/mol. The first-order valence-electron chi connectivity index (χ1n) is 3.41. The Morgan fingerprint density at radius 3 is 2.38 bits per heavy atom. The first-order valence-corrected chi connectivity index (χ1v) is 3.79. The van der Waals surface area contributed by atoms with Crippen molar-refractivity contribution in [1.29, 1.82) is 0 Å². The molecule has 1 nitrogen and oxygen atoms in total. The van der Waals surface area contributed by atoms with Gasteiger partial charge in [-0.25, -0.2) is 0 Å². The van der Waals surface area contributed by atoms with Crippen molar-refractivity contribution in [2.45, 2.75) is 12.3 Å². The molecule has 0 fully saturated rings. The summed E-state index contributed by atoms with van der Waals surface area (Å²) >= 11 is 5.46. The molecule has 13 heavy (non-hydrogen) atoms. The first-order chi connectivity index (χ1) is 5.91. The van der Waals surface area contributed by atoms with Gasteiger partial charge in [0.25, 0.3) is 0 Å². The van der Waals surface area contributed by atoms with Gasteiger partial charge in [0, 0.05) is 5.02 Å². The van der Waals surface area contributed by atoms with Gasteiger partial charge in [0.05, 0.1) is 0 Å². The Morgan fingerprint density at radius 2 is 1.92 bits per heavy atom. The van der Waals surface area contributed by atoms with Gasteiger partial charge in [-0.1, -0.05) is 23.7 Å². The van der Waals surface area contributed by atoms with E-state index in [9.17, 15) is 13.2 Å². The Morgan fingerprint density at radius 1 is 1.31 bits per heavy atom. The number of hydrogen-bond donors (Lipinski definition) is 1. The Balaban J connectivity index is 2.96. The highest BCUT2D eigenvalue weighted by atomic mass is 35.5. The molecule has 0 aliphatic rings. The summed E-state index contributed by atoms with van der Waals surface area (Å²) in [4.78, 5) is 0. The maximum Gasteiger partial charge on any atom is 0.418 e. The number of rotatable bonds is 1. The minimum Gasteiger partial charge on any atom is -0.379 e. The molecule has 0 heterocycles. The molecule has 0 aliphatic heterocycles. The third-order valence-electron chi connectivity index (χ3n) is 1.47. The second kappa shape index (κ2) is 3.55. The van der Waals surface area contributed by atoms with Crippen molar-refractivity contribution in [3.8, 4) is 0 Å². The minimum absolute atomic E-state index is 0.167. The van der Waals surface area contributed by atoms with Crippen LogP contribution in [-0.2, 0) is 0 Å². The van der Waals surface area contributed by atoms with Gasteiger partial charge >= 0.3 is 6.18 Å². The normalized spacial score (nSPS) is 14.2. The van der Waals surface area contributed by atoms with E-state index in [1.807, 2.05) is 0 Å². The zero-order valence-corrected chi connectivity index (χ0v) is 7.10. The van der Waals surface area contributed by atoms with Crippen molar-refractivity contribution in [3.63, 3.8) is 0 Å². The highest BCUT2D eigenvalue weighted by molar-refractivity contribution is 6.30. The van der Waals surface area contributed by atoms with E-state index >= 15 is 0 Å². The van der Waals surface area contributed by atoms with Crippen LogP contribution in [0, 0.1) is 0 Å². The molecule has 1 atom stereocenters. The second-order valence-electron chi connectivity index (χ2n) is 2.50. The van der Waals surface area contributed by atoms with Crippen LogP contribution in [0.25, 0.3) is 0 Å². The smallest absolute Gasteiger partial charge is 0.379 e. The molecule has 0 aliphatic carbocycles. The summed E-state index contributed by atoms with van der Waals surface area (Å²) in [5.41, 5.74) is -0.250. The molecular formula is C8H6ClF3O. The quantitative estimate of drug-likeness (QED) is 0.756. The number of halogens is 4. The van der Waals surface area contributed by atoms with Gasteiger partial charge in [-0.3, -0.25) is 0 Å². The Bertz CT molecular complexity index is 298. The summed E-state index contributed by atoms with van der Waals surface area (Å²) < 4.78 is 35.9. The van der Waals surface area contributed by atoms with Crippen LogP contribution >= 0.6 is 11.6 Å². The number of aliphatic hydroxyl groups excluding tert-OH is 1. The van der Waals surface area contributed by atoms with Crippen molar-refractivity contribution in [3.05, 3.63) is 34.9 Å². The Kier molecular flexibility index (Phi) is 2.83. The summed E-state index contributed by atoms with van der Waals surface area (Å²) in [5.74, 6) is 0. The fourth-order valence-electron chi connectivity index (χ4n) is 0.866. The van der Waals surface area contributed by atoms with Crippen molar-refractivity contribution in [2.24, 2.45) is 0 Å². The Hall–Kier alpha value is -0.740. The van der Waals surface area contributed by atoms with E-state index < -0.39 is 12.3 Å². The summed E-state index contributed by atoms with van der Waals surface area (Å²) in [6.07, 6.45) is -7.11. The van der Waals surface area contributed by atoms with E-state index in [-0.39, 0.29) is 10.6 Å². The van der Waals surface area contributed by atoms with E-state index in [1.165, 1.54) is 18.2 Å². The van der Waals surface area contributed by atoms with E-state index in [1.54, 1.807) is 0 Å². The maximum atomic E-state index is 12.0. The molecule has 1 N–H and O–H groups in total. The van der Waals surface area contributed by atoms with Crippen molar-refractivity contribution >= 4 is 11.6 Å². The van der Waals surface area contributed by atoms with Gasteiger partial charge in [0.1, 0.15) is 0 Å². The lowest BCUT2D eigenvalue weighted by Crippen LogP contribution is -2.19. The SMILES string of the molecule is O[C@@H](c1cccc(Cl)c1)C(F)(F)F. The largest absolute Gasteiger partial charge is 0.418 e. The zero-order chi connectivity index (χ0) is 10.1. The third kappa shape index (κ3) is 2.60. The third-order valence-corrected chi connectivity index (χ3v) is 1.71. The first kappa shape index (κ1) is 10.3. The molecule has 0 unspecified atom stereocenters. The zero-order valence-electron chi connectivity index (χ0n) is 6.35. The lowest BCUT2D eigenvalue weighted by molar-refractivity contribution is -0.206. The van der Waals surface area contributed by atoms with Crippen LogP contribution in [0.3, 0.4) is 0 Å². The Labute approximate surface area is 77.8 Å².